The van der Waals surface area contributed by atoms with Crippen molar-refractivity contribution in [2.75, 3.05) is 28.6 Å². The molecule has 2 aromatic carbocycles. The molecule has 1 fully saturated rings. The molecule has 1 aliphatic rings. The standard InChI is InChI=1S/C23H29N3O3/c1-23(2,3)29-22(28)25-19-9-7-8-17(16-19)21(27)24-18-10-12-20(13-11-18)26-14-5-4-6-15-26/h7-13,16H,4-6,14-15H2,1-3H3,(H,24,27)(H,25,28). The minimum absolute atomic E-state index is 0.233. The average Bonchev–Trinajstić information content (AvgIpc) is 2.68. The summed E-state index contributed by atoms with van der Waals surface area (Å²) in [6.45, 7) is 7.57. The van der Waals surface area contributed by atoms with Gasteiger partial charge in [-0.1, -0.05) is 6.07 Å². The summed E-state index contributed by atoms with van der Waals surface area (Å²) < 4.78 is 5.24. The number of anilines is 3. The number of carbonyl (C=O) groups excluding carboxylic acids is 2. The SMILES string of the molecule is CC(C)(C)OC(=O)Nc1cccc(C(=O)Nc2ccc(N3CCCCC3)cc2)c1. The first-order chi connectivity index (χ1) is 13.8. The summed E-state index contributed by atoms with van der Waals surface area (Å²) in [5.41, 5.74) is 2.30. The van der Waals surface area contributed by atoms with E-state index in [1.165, 1.54) is 24.9 Å². The van der Waals surface area contributed by atoms with Crippen molar-refractivity contribution in [3.8, 4) is 0 Å². The van der Waals surface area contributed by atoms with Crippen LogP contribution in [0.4, 0.5) is 21.9 Å². The maximum atomic E-state index is 12.6. The second kappa shape index (κ2) is 8.99. The van der Waals surface area contributed by atoms with Gasteiger partial charge in [0.15, 0.2) is 0 Å². The van der Waals surface area contributed by atoms with Crippen molar-refractivity contribution in [2.24, 2.45) is 0 Å². The quantitative estimate of drug-likeness (QED) is 0.739. The first-order valence-electron chi connectivity index (χ1n) is 10.1. The number of hydrogen-bond donors (Lipinski definition) is 2. The predicted octanol–water partition coefficient (Wildman–Crippen LogP) is 5.28. The molecule has 6 nitrogen and oxygen atoms in total. The summed E-state index contributed by atoms with van der Waals surface area (Å²) in [6, 6.07) is 14.7. The van der Waals surface area contributed by atoms with Gasteiger partial charge in [0.2, 0.25) is 0 Å². The molecule has 3 rings (SSSR count). The minimum Gasteiger partial charge on any atom is -0.444 e. The largest absolute Gasteiger partial charge is 0.444 e. The Bertz CT molecular complexity index is 850. The molecule has 0 aliphatic carbocycles. The summed E-state index contributed by atoms with van der Waals surface area (Å²) in [5, 5.41) is 5.56. The Morgan fingerprint density at radius 2 is 1.59 bits per heavy atom. The van der Waals surface area contributed by atoms with Gasteiger partial charge in [0.1, 0.15) is 5.60 Å². The summed E-state index contributed by atoms with van der Waals surface area (Å²) in [7, 11) is 0. The predicted molar refractivity (Wildman–Crippen MR) is 117 cm³/mol. The monoisotopic (exact) mass is 395 g/mol. The maximum absolute atomic E-state index is 12.6. The number of amides is 2. The van der Waals surface area contributed by atoms with Crippen molar-refractivity contribution < 1.29 is 14.3 Å². The van der Waals surface area contributed by atoms with Crippen molar-refractivity contribution in [1.82, 2.24) is 0 Å². The zero-order valence-corrected chi connectivity index (χ0v) is 17.3. The number of carbonyl (C=O) groups is 2. The van der Waals surface area contributed by atoms with Crippen LogP contribution in [-0.4, -0.2) is 30.7 Å². The van der Waals surface area contributed by atoms with E-state index in [1.54, 1.807) is 45.0 Å². The first kappa shape index (κ1) is 20.7. The van der Waals surface area contributed by atoms with Gasteiger partial charge < -0.3 is 15.0 Å². The van der Waals surface area contributed by atoms with Crippen molar-refractivity contribution in [1.29, 1.82) is 0 Å². The maximum Gasteiger partial charge on any atom is 0.412 e. The number of rotatable bonds is 4. The third-order valence-electron chi connectivity index (χ3n) is 4.62. The normalized spacial score (nSPS) is 14.2. The molecule has 1 heterocycles. The number of benzene rings is 2. The fourth-order valence-corrected chi connectivity index (χ4v) is 3.27. The number of ether oxygens (including phenoxy) is 1. The van der Waals surface area contributed by atoms with E-state index >= 15 is 0 Å². The van der Waals surface area contributed by atoms with E-state index < -0.39 is 11.7 Å². The van der Waals surface area contributed by atoms with Gasteiger partial charge in [-0.2, -0.15) is 0 Å². The molecule has 0 bridgehead atoms. The van der Waals surface area contributed by atoms with Crippen LogP contribution >= 0.6 is 0 Å². The number of nitrogens with zero attached hydrogens (tertiary/aromatic N) is 1. The van der Waals surface area contributed by atoms with E-state index in [-0.39, 0.29) is 5.91 Å². The van der Waals surface area contributed by atoms with E-state index in [0.29, 0.717) is 11.3 Å². The van der Waals surface area contributed by atoms with Crippen LogP contribution in [-0.2, 0) is 4.74 Å². The van der Waals surface area contributed by atoms with Gasteiger partial charge in [-0.05, 0) is 82.5 Å². The van der Waals surface area contributed by atoms with Crippen LogP contribution in [0.1, 0.15) is 50.4 Å². The molecule has 2 amide bonds. The van der Waals surface area contributed by atoms with Crippen LogP contribution in [0.15, 0.2) is 48.5 Å². The lowest BCUT2D eigenvalue weighted by Gasteiger charge is -2.28. The first-order valence-corrected chi connectivity index (χ1v) is 10.1. The van der Waals surface area contributed by atoms with E-state index in [2.05, 4.69) is 15.5 Å². The van der Waals surface area contributed by atoms with Crippen molar-refractivity contribution in [2.45, 2.75) is 45.6 Å². The molecule has 2 aromatic rings. The molecule has 2 N–H and O–H groups in total. The Hall–Kier alpha value is -3.02. The lowest BCUT2D eigenvalue weighted by molar-refractivity contribution is 0.0635. The van der Waals surface area contributed by atoms with Crippen LogP contribution in [0.25, 0.3) is 0 Å². The Kier molecular flexibility index (Phi) is 6.42. The highest BCUT2D eigenvalue weighted by Crippen LogP contribution is 2.22. The molecule has 6 heteroatoms. The minimum atomic E-state index is -0.584. The molecule has 0 spiro atoms. The van der Waals surface area contributed by atoms with Crippen molar-refractivity contribution >= 4 is 29.1 Å². The Balaban J connectivity index is 1.61. The summed E-state index contributed by atoms with van der Waals surface area (Å²) >= 11 is 0. The van der Waals surface area contributed by atoms with Gasteiger partial charge >= 0.3 is 6.09 Å². The zero-order valence-electron chi connectivity index (χ0n) is 17.3. The second-order valence-corrected chi connectivity index (χ2v) is 8.26. The lowest BCUT2D eigenvalue weighted by Crippen LogP contribution is -2.29. The third kappa shape index (κ3) is 6.24. The van der Waals surface area contributed by atoms with Gasteiger partial charge in [0.05, 0.1) is 0 Å². The summed E-state index contributed by atoms with van der Waals surface area (Å²) in [4.78, 5) is 26.9. The molecule has 0 unspecified atom stereocenters. The van der Waals surface area contributed by atoms with Gasteiger partial charge in [-0.25, -0.2) is 4.79 Å². The van der Waals surface area contributed by atoms with E-state index in [9.17, 15) is 9.59 Å². The van der Waals surface area contributed by atoms with Gasteiger partial charge in [-0.3, -0.25) is 10.1 Å². The molecule has 1 aliphatic heterocycles. The molecular formula is C23H29N3O3. The van der Waals surface area contributed by atoms with Gasteiger partial charge in [0, 0.05) is 35.7 Å². The molecule has 1 saturated heterocycles. The topological polar surface area (TPSA) is 70.7 Å². The molecule has 0 radical (unpaired) electrons. The van der Waals surface area contributed by atoms with Crippen LogP contribution in [0.3, 0.4) is 0 Å². The second-order valence-electron chi connectivity index (χ2n) is 8.26. The molecule has 0 saturated carbocycles. The van der Waals surface area contributed by atoms with E-state index in [4.69, 9.17) is 4.74 Å². The Morgan fingerprint density at radius 3 is 2.24 bits per heavy atom. The fourth-order valence-electron chi connectivity index (χ4n) is 3.27. The smallest absolute Gasteiger partial charge is 0.412 e. The zero-order chi connectivity index (χ0) is 20.9. The summed E-state index contributed by atoms with van der Waals surface area (Å²) in [5.74, 6) is -0.233. The van der Waals surface area contributed by atoms with E-state index in [1.807, 2.05) is 24.3 Å². The van der Waals surface area contributed by atoms with Crippen molar-refractivity contribution in [3.05, 3.63) is 54.1 Å². The third-order valence-corrected chi connectivity index (χ3v) is 4.62. The highest BCUT2D eigenvalue weighted by molar-refractivity contribution is 6.05. The molecule has 29 heavy (non-hydrogen) atoms. The van der Waals surface area contributed by atoms with Crippen LogP contribution in [0, 0.1) is 0 Å². The van der Waals surface area contributed by atoms with Gasteiger partial charge in [-0.15, -0.1) is 0 Å². The van der Waals surface area contributed by atoms with Crippen molar-refractivity contribution in [3.63, 3.8) is 0 Å². The Morgan fingerprint density at radius 1 is 0.897 bits per heavy atom. The summed E-state index contributed by atoms with van der Waals surface area (Å²) in [6.07, 6.45) is 3.20. The van der Waals surface area contributed by atoms with Gasteiger partial charge in [0.25, 0.3) is 5.91 Å². The average molecular weight is 396 g/mol. The molecule has 0 atom stereocenters. The van der Waals surface area contributed by atoms with E-state index in [0.717, 1.165) is 18.8 Å². The molecular weight excluding hydrogens is 366 g/mol. The highest BCUT2D eigenvalue weighted by atomic mass is 16.6. The Labute approximate surface area is 172 Å². The van der Waals surface area contributed by atoms with Crippen LogP contribution in [0.5, 0.6) is 0 Å². The number of piperidine rings is 1. The number of hydrogen-bond acceptors (Lipinski definition) is 4. The molecule has 154 valence electrons. The number of nitrogens with one attached hydrogen (secondary N) is 2. The van der Waals surface area contributed by atoms with Crippen LogP contribution < -0.4 is 15.5 Å². The highest BCUT2D eigenvalue weighted by Gasteiger charge is 2.17. The lowest BCUT2D eigenvalue weighted by atomic mass is 10.1. The fraction of sp³-hybridized carbons (Fsp3) is 0.391. The van der Waals surface area contributed by atoms with Crippen LogP contribution in [0.2, 0.25) is 0 Å². The molecule has 0 aromatic heterocycles.